The third kappa shape index (κ3) is 3.28. The van der Waals surface area contributed by atoms with Gasteiger partial charge in [0.1, 0.15) is 0 Å². The van der Waals surface area contributed by atoms with E-state index in [9.17, 15) is 0 Å². The van der Waals surface area contributed by atoms with Crippen LogP contribution in [0.3, 0.4) is 0 Å². The van der Waals surface area contributed by atoms with E-state index in [4.69, 9.17) is 0 Å². The summed E-state index contributed by atoms with van der Waals surface area (Å²) in [5, 5.41) is 8.67. The number of rotatable bonds is 5. The Morgan fingerprint density at radius 1 is 1.44 bits per heavy atom. The minimum Gasteiger partial charge on any atom is -0.363 e. The third-order valence-electron chi connectivity index (χ3n) is 3.75. The Balaban J connectivity index is 1.76. The Morgan fingerprint density at radius 2 is 2.28 bits per heavy atom. The molecule has 0 aliphatic carbocycles. The molecule has 5 heteroatoms. The predicted molar refractivity (Wildman–Crippen MR) is 78.0 cm³/mol. The molecular formula is C13H22N4S. The second-order valence-corrected chi connectivity index (χ2v) is 5.78. The number of nitrogens with one attached hydrogen (secondary N) is 1. The minimum atomic E-state index is 0.428. The zero-order chi connectivity index (χ0) is 12.8. The van der Waals surface area contributed by atoms with E-state index in [1.165, 1.54) is 18.6 Å². The Morgan fingerprint density at radius 3 is 2.83 bits per heavy atom. The van der Waals surface area contributed by atoms with Gasteiger partial charge in [-0.1, -0.05) is 25.6 Å². The van der Waals surface area contributed by atoms with Gasteiger partial charge >= 0.3 is 0 Å². The molecule has 1 aromatic heterocycles. The molecule has 4 nitrogen and oxygen atoms in total. The van der Waals surface area contributed by atoms with Crippen molar-refractivity contribution in [3.8, 4) is 0 Å². The van der Waals surface area contributed by atoms with E-state index in [0.29, 0.717) is 5.41 Å². The lowest BCUT2D eigenvalue weighted by Crippen LogP contribution is -2.35. The number of thioether (sulfide) groups is 1. The van der Waals surface area contributed by atoms with Gasteiger partial charge in [0, 0.05) is 31.2 Å². The van der Waals surface area contributed by atoms with Crippen LogP contribution in [0.25, 0.3) is 0 Å². The maximum Gasteiger partial charge on any atom is 0.156 e. The highest BCUT2D eigenvalue weighted by molar-refractivity contribution is 8.13. The van der Waals surface area contributed by atoms with Gasteiger partial charge in [0.05, 0.1) is 6.54 Å². The molecule has 0 saturated carbocycles. The molecule has 0 spiro atoms. The SMILES string of the molecule is CCC1(CC)CN=C(NCCn2cccn2)SC1. The Bertz CT molecular complexity index is 382. The summed E-state index contributed by atoms with van der Waals surface area (Å²) in [5.41, 5.74) is 0.428. The van der Waals surface area contributed by atoms with Crippen LogP contribution < -0.4 is 5.32 Å². The first-order chi connectivity index (χ1) is 8.78. The molecule has 0 amide bonds. The van der Waals surface area contributed by atoms with Crippen molar-refractivity contribution in [3.63, 3.8) is 0 Å². The van der Waals surface area contributed by atoms with Gasteiger partial charge in [-0.05, 0) is 24.3 Å². The molecule has 1 aromatic rings. The second kappa shape index (κ2) is 6.27. The maximum atomic E-state index is 4.68. The molecule has 2 rings (SSSR count). The molecule has 1 N–H and O–H groups in total. The fraction of sp³-hybridized carbons (Fsp3) is 0.692. The van der Waals surface area contributed by atoms with Gasteiger partial charge < -0.3 is 5.32 Å². The third-order valence-corrected chi connectivity index (χ3v) is 5.05. The van der Waals surface area contributed by atoms with Gasteiger partial charge in [0.25, 0.3) is 0 Å². The van der Waals surface area contributed by atoms with Crippen molar-refractivity contribution < 1.29 is 0 Å². The predicted octanol–water partition coefficient (Wildman–Crippen LogP) is 2.38. The van der Waals surface area contributed by atoms with Gasteiger partial charge in [0.15, 0.2) is 5.17 Å². The molecular weight excluding hydrogens is 244 g/mol. The zero-order valence-electron chi connectivity index (χ0n) is 11.2. The van der Waals surface area contributed by atoms with E-state index < -0.39 is 0 Å². The van der Waals surface area contributed by atoms with Crippen LogP contribution in [0.4, 0.5) is 0 Å². The lowest BCUT2D eigenvalue weighted by molar-refractivity contribution is 0.318. The smallest absolute Gasteiger partial charge is 0.156 e. The van der Waals surface area contributed by atoms with Crippen molar-refractivity contribution in [1.82, 2.24) is 15.1 Å². The quantitative estimate of drug-likeness (QED) is 0.890. The second-order valence-electron chi connectivity index (χ2n) is 4.81. The molecule has 0 unspecified atom stereocenters. The van der Waals surface area contributed by atoms with Crippen LogP contribution in [-0.2, 0) is 6.54 Å². The molecule has 0 aromatic carbocycles. The summed E-state index contributed by atoms with van der Waals surface area (Å²) in [4.78, 5) is 4.68. The Kier molecular flexibility index (Phi) is 4.69. The molecule has 0 radical (unpaired) electrons. The summed E-state index contributed by atoms with van der Waals surface area (Å²) in [5.74, 6) is 1.19. The number of aliphatic imine (C=N–C) groups is 1. The average Bonchev–Trinajstić information content (AvgIpc) is 2.93. The van der Waals surface area contributed by atoms with Crippen molar-refractivity contribution in [2.75, 3.05) is 18.8 Å². The minimum absolute atomic E-state index is 0.428. The van der Waals surface area contributed by atoms with Crippen LogP contribution in [0.5, 0.6) is 0 Å². The van der Waals surface area contributed by atoms with Crippen LogP contribution in [0.2, 0.25) is 0 Å². The van der Waals surface area contributed by atoms with E-state index in [1.807, 2.05) is 34.9 Å². The number of nitrogens with zero attached hydrogens (tertiary/aromatic N) is 3. The fourth-order valence-electron chi connectivity index (χ4n) is 2.05. The first kappa shape index (κ1) is 13.5. The number of aromatic nitrogens is 2. The summed E-state index contributed by atoms with van der Waals surface area (Å²) < 4.78 is 1.93. The standard InChI is InChI=1S/C13H22N4S/c1-3-13(4-2)10-15-12(18-11-13)14-7-9-17-8-5-6-16-17/h5-6,8H,3-4,7,9-11H2,1-2H3,(H,14,15). The fourth-order valence-corrected chi connectivity index (χ4v) is 3.35. The topological polar surface area (TPSA) is 42.2 Å². The van der Waals surface area contributed by atoms with Crippen molar-refractivity contribution in [3.05, 3.63) is 18.5 Å². The van der Waals surface area contributed by atoms with Crippen molar-refractivity contribution in [1.29, 1.82) is 0 Å². The van der Waals surface area contributed by atoms with E-state index in [1.54, 1.807) is 0 Å². The highest BCUT2D eigenvalue weighted by atomic mass is 32.2. The number of hydrogen-bond donors (Lipinski definition) is 1. The van der Waals surface area contributed by atoms with Crippen LogP contribution in [-0.4, -0.2) is 33.8 Å². The van der Waals surface area contributed by atoms with E-state index >= 15 is 0 Å². The normalized spacial score (nSPS) is 18.4. The lowest BCUT2D eigenvalue weighted by atomic mass is 9.84. The lowest BCUT2D eigenvalue weighted by Gasteiger charge is -2.33. The van der Waals surface area contributed by atoms with E-state index in [2.05, 4.69) is 29.3 Å². The van der Waals surface area contributed by atoms with Crippen LogP contribution in [0, 0.1) is 5.41 Å². The van der Waals surface area contributed by atoms with Crippen molar-refractivity contribution in [2.45, 2.75) is 33.2 Å². The van der Waals surface area contributed by atoms with Gasteiger partial charge in [-0.15, -0.1) is 0 Å². The molecule has 2 heterocycles. The Labute approximate surface area is 113 Å². The highest BCUT2D eigenvalue weighted by Crippen LogP contribution is 2.34. The molecule has 1 aliphatic rings. The molecule has 0 bridgehead atoms. The summed E-state index contributed by atoms with van der Waals surface area (Å²) >= 11 is 1.87. The molecule has 0 saturated heterocycles. The molecule has 0 fully saturated rings. The first-order valence-electron chi connectivity index (χ1n) is 6.66. The summed E-state index contributed by atoms with van der Waals surface area (Å²) in [6, 6.07) is 1.95. The van der Waals surface area contributed by atoms with Gasteiger partial charge in [-0.2, -0.15) is 5.10 Å². The molecule has 100 valence electrons. The van der Waals surface area contributed by atoms with Crippen molar-refractivity contribution >= 4 is 16.9 Å². The molecule has 1 aliphatic heterocycles. The summed E-state index contributed by atoms with van der Waals surface area (Å²) in [6.07, 6.45) is 6.24. The number of amidine groups is 1. The van der Waals surface area contributed by atoms with E-state index in [-0.39, 0.29) is 0 Å². The highest BCUT2D eigenvalue weighted by Gasteiger charge is 2.29. The Hall–Kier alpha value is -0.970. The molecule has 0 atom stereocenters. The monoisotopic (exact) mass is 266 g/mol. The first-order valence-corrected chi connectivity index (χ1v) is 7.65. The zero-order valence-corrected chi connectivity index (χ0v) is 12.0. The number of hydrogen-bond acceptors (Lipinski definition) is 4. The van der Waals surface area contributed by atoms with Crippen molar-refractivity contribution in [2.24, 2.45) is 10.4 Å². The van der Waals surface area contributed by atoms with Gasteiger partial charge in [-0.3, -0.25) is 9.67 Å². The van der Waals surface area contributed by atoms with Crippen LogP contribution in [0.15, 0.2) is 23.5 Å². The van der Waals surface area contributed by atoms with Crippen LogP contribution in [0.1, 0.15) is 26.7 Å². The maximum absolute atomic E-state index is 4.68. The molecule has 18 heavy (non-hydrogen) atoms. The summed E-state index contributed by atoms with van der Waals surface area (Å²) in [7, 11) is 0. The average molecular weight is 266 g/mol. The van der Waals surface area contributed by atoms with E-state index in [0.717, 1.165) is 24.8 Å². The summed E-state index contributed by atoms with van der Waals surface area (Å²) in [6.45, 7) is 7.29. The largest absolute Gasteiger partial charge is 0.363 e. The van der Waals surface area contributed by atoms with Crippen LogP contribution >= 0.6 is 11.8 Å². The van der Waals surface area contributed by atoms with Gasteiger partial charge in [0.2, 0.25) is 0 Å². The van der Waals surface area contributed by atoms with Gasteiger partial charge in [-0.25, -0.2) is 0 Å².